The van der Waals surface area contributed by atoms with Crippen LogP contribution >= 0.6 is 11.6 Å². The van der Waals surface area contributed by atoms with Gasteiger partial charge in [0.15, 0.2) is 0 Å². The van der Waals surface area contributed by atoms with Crippen LogP contribution in [0, 0.1) is 5.92 Å². The lowest BCUT2D eigenvalue weighted by Crippen LogP contribution is -2.23. The molecular formula is C14H27ClO4. The van der Waals surface area contributed by atoms with E-state index in [0.29, 0.717) is 0 Å². The molecule has 0 saturated carbocycles. The highest BCUT2D eigenvalue weighted by Gasteiger charge is 2.20. The highest BCUT2D eigenvalue weighted by Crippen LogP contribution is 2.15. The van der Waals surface area contributed by atoms with E-state index in [0.717, 1.165) is 25.7 Å². The Morgan fingerprint density at radius 3 is 2.26 bits per heavy atom. The van der Waals surface area contributed by atoms with Gasteiger partial charge in [-0.1, -0.05) is 44.9 Å². The van der Waals surface area contributed by atoms with Gasteiger partial charge in [0, 0.05) is 0 Å². The van der Waals surface area contributed by atoms with Crippen LogP contribution in [0.4, 0.5) is 0 Å². The summed E-state index contributed by atoms with van der Waals surface area (Å²) >= 11 is 4.76. The fourth-order valence-electron chi connectivity index (χ4n) is 1.16. The van der Waals surface area contributed by atoms with Crippen molar-refractivity contribution in [1.29, 1.82) is 0 Å². The van der Waals surface area contributed by atoms with Gasteiger partial charge >= 0.3 is 5.97 Å². The van der Waals surface area contributed by atoms with Crippen LogP contribution in [0.5, 0.6) is 0 Å². The maximum absolute atomic E-state index is 11.5. The van der Waals surface area contributed by atoms with Crippen LogP contribution in [0.1, 0.15) is 60.3 Å². The molecule has 0 fully saturated rings. The Morgan fingerprint density at radius 2 is 1.89 bits per heavy atom. The van der Waals surface area contributed by atoms with E-state index in [1.807, 2.05) is 27.7 Å². The molecule has 19 heavy (non-hydrogen) atoms. The quantitative estimate of drug-likeness (QED) is 0.501. The number of carbonyl (C=O) groups is 1. The molecule has 0 rings (SSSR count). The minimum atomic E-state index is -0.481. The summed E-state index contributed by atoms with van der Waals surface area (Å²) in [5, 5.41) is 4.47. The van der Waals surface area contributed by atoms with Crippen LogP contribution in [0.25, 0.3) is 0 Å². The zero-order valence-corrected chi connectivity index (χ0v) is 13.5. The summed E-state index contributed by atoms with van der Waals surface area (Å²) in [6.07, 6.45) is 3.69. The first kappa shape index (κ1) is 20.7. The van der Waals surface area contributed by atoms with Gasteiger partial charge in [0.1, 0.15) is 0 Å². The Kier molecular flexibility index (Phi) is 13.6. The smallest absolute Gasteiger partial charge is 0.269 e. The number of unbranched alkanes of at least 4 members (excludes halogenated alkanes) is 1. The standard InChI is InChI=1S/C12H24O4.C2H3Cl/c1-6-8-9-10(7-2)11(13)14-16-15-12(3,4)5;1-2-3/h10H,6-9H2,1-5H3;2H,1H2. The van der Waals surface area contributed by atoms with Gasteiger partial charge in [-0.2, -0.15) is 4.89 Å². The summed E-state index contributed by atoms with van der Waals surface area (Å²) in [4.78, 5) is 21.0. The first-order valence-corrected chi connectivity index (χ1v) is 7.03. The molecule has 114 valence electrons. The maximum Gasteiger partial charge on any atom is 0.348 e. The molecule has 0 heterocycles. The van der Waals surface area contributed by atoms with E-state index in [4.69, 9.17) is 16.5 Å². The van der Waals surface area contributed by atoms with Crippen molar-refractivity contribution >= 4 is 17.6 Å². The van der Waals surface area contributed by atoms with Crippen molar-refractivity contribution in [3.63, 3.8) is 0 Å². The van der Waals surface area contributed by atoms with Crippen molar-refractivity contribution < 1.29 is 19.6 Å². The fourth-order valence-corrected chi connectivity index (χ4v) is 1.16. The Balaban J connectivity index is 0. The van der Waals surface area contributed by atoms with E-state index >= 15 is 0 Å². The molecule has 0 radical (unpaired) electrons. The number of hydrogen-bond donors (Lipinski definition) is 0. The van der Waals surface area contributed by atoms with Crippen molar-refractivity contribution in [1.82, 2.24) is 0 Å². The van der Waals surface area contributed by atoms with E-state index in [9.17, 15) is 4.79 Å². The lowest BCUT2D eigenvalue weighted by Gasteiger charge is -2.17. The molecule has 0 aromatic carbocycles. The molecule has 1 atom stereocenters. The lowest BCUT2D eigenvalue weighted by atomic mass is 10.00. The molecule has 0 N–H and O–H groups in total. The second kappa shape index (κ2) is 12.5. The molecular weight excluding hydrogens is 268 g/mol. The van der Waals surface area contributed by atoms with Gasteiger partial charge in [-0.3, -0.25) is 4.89 Å². The summed E-state index contributed by atoms with van der Waals surface area (Å²) in [7, 11) is 0. The Hall–Kier alpha value is -0.580. The average molecular weight is 295 g/mol. The normalized spacial score (nSPS) is 12.1. The van der Waals surface area contributed by atoms with Crippen molar-refractivity contribution in [3.05, 3.63) is 12.1 Å². The second-order valence-corrected chi connectivity index (χ2v) is 5.38. The number of hydrogen-bond acceptors (Lipinski definition) is 4. The average Bonchev–Trinajstić information content (AvgIpc) is 2.29. The molecule has 1 unspecified atom stereocenters. The van der Waals surface area contributed by atoms with Crippen LogP contribution in [-0.4, -0.2) is 11.6 Å². The zero-order chi connectivity index (χ0) is 15.3. The Labute approximate surface area is 121 Å². The van der Waals surface area contributed by atoms with Crippen LogP contribution < -0.4 is 0 Å². The Morgan fingerprint density at radius 1 is 1.37 bits per heavy atom. The molecule has 5 heteroatoms. The molecule has 0 saturated heterocycles. The highest BCUT2D eigenvalue weighted by molar-refractivity contribution is 6.25. The summed E-state index contributed by atoms with van der Waals surface area (Å²) in [6, 6.07) is 0. The zero-order valence-electron chi connectivity index (χ0n) is 12.7. The monoisotopic (exact) mass is 294 g/mol. The van der Waals surface area contributed by atoms with E-state index in [-0.39, 0.29) is 11.9 Å². The van der Waals surface area contributed by atoms with Crippen molar-refractivity contribution in [2.45, 2.75) is 65.9 Å². The van der Waals surface area contributed by atoms with E-state index < -0.39 is 5.60 Å². The van der Waals surface area contributed by atoms with Crippen LogP contribution in [0.2, 0.25) is 0 Å². The minimum Gasteiger partial charge on any atom is -0.269 e. The maximum atomic E-state index is 11.5. The fraction of sp³-hybridized carbons (Fsp3) is 0.786. The molecule has 0 bridgehead atoms. The van der Waals surface area contributed by atoms with Crippen molar-refractivity contribution in [3.8, 4) is 0 Å². The van der Waals surface area contributed by atoms with Gasteiger partial charge < -0.3 is 0 Å². The topological polar surface area (TPSA) is 44.8 Å². The second-order valence-electron chi connectivity index (χ2n) is 5.07. The third-order valence-corrected chi connectivity index (χ3v) is 2.13. The molecule has 0 aliphatic carbocycles. The highest BCUT2D eigenvalue weighted by atomic mass is 35.5. The molecule has 0 aliphatic heterocycles. The molecule has 0 aromatic rings. The third kappa shape index (κ3) is 15.4. The van der Waals surface area contributed by atoms with Gasteiger partial charge in [0.2, 0.25) is 0 Å². The van der Waals surface area contributed by atoms with Crippen molar-refractivity contribution in [2.75, 3.05) is 0 Å². The van der Waals surface area contributed by atoms with Gasteiger partial charge in [-0.15, -0.1) is 0 Å². The number of carbonyl (C=O) groups excluding carboxylic acids is 1. The molecule has 0 aromatic heterocycles. The van der Waals surface area contributed by atoms with E-state index in [1.165, 1.54) is 5.54 Å². The SMILES string of the molecule is C=CCl.CCCCC(CC)C(=O)OOOC(C)(C)C. The van der Waals surface area contributed by atoms with E-state index in [1.54, 1.807) is 0 Å². The predicted octanol–water partition coefficient (Wildman–Crippen LogP) is 4.78. The number of halogens is 1. The first-order chi connectivity index (χ1) is 8.82. The minimum absolute atomic E-state index is 0.0940. The van der Waals surface area contributed by atoms with E-state index in [2.05, 4.69) is 23.4 Å². The largest absolute Gasteiger partial charge is 0.348 e. The van der Waals surface area contributed by atoms with Crippen LogP contribution in [0.15, 0.2) is 12.1 Å². The lowest BCUT2D eigenvalue weighted by molar-refractivity contribution is -0.515. The first-order valence-electron chi connectivity index (χ1n) is 6.59. The van der Waals surface area contributed by atoms with Gasteiger partial charge in [-0.05, 0) is 44.2 Å². The molecule has 0 amide bonds. The summed E-state index contributed by atoms with van der Waals surface area (Å²) in [6.45, 7) is 12.6. The molecule has 0 spiro atoms. The predicted molar refractivity (Wildman–Crippen MR) is 77.4 cm³/mol. The molecule has 4 nitrogen and oxygen atoms in total. The Bertz CT molecular complexity index is 236. The van der Waals surface area contributed by atoms with Gasteiger partial charge in [0.25, 0.3) is 0 Å². The van der Waals surface area contributed by atoms with Gasteiger partial charge in [0.05, 0.1) is 11.5 Å². The van der Waals surface area contributed by atoms with Crippen LogP contribution in [0.3, 0.4) is 0 Å². The number of rotatable bonds is 7. The summed E-state index contributed by atoms with van der Waals surface area (Å²) in [5.41, 5.74) is 0.741. The summed E-state index contributed by atoms with van der Waals surface area (Å²) < 4.78 is 0. The van der Waals surface area contributed by atoms with Crippen molar-refractivity contribution in [2.24, 2.45) is 5.92 Å². The molecule has 0 aliphatic rings. The third-order valence-electron chi connectivity index (χ3n) is 2.13. The van der Waals surface area contributed by atoms with Gasteiger partial charge in [-0.25, -0.2) is 4.79 Å². The summed E-state index contributed by atoms with van der Waals surface area (Å²) in [5.74, 6) is -0.441. The van der Waals surface area contributed by atoms with Crippen LogP contribution in [-0.2, 0) is 19.6 Å².